The maximum atomic E-state index is 12.4. The molecule has 2 saturated heterocycles. The number of thiazole rings is 1. The molecule has 0 bridgehead atoms. The van der Waals surface area contributed by atoms with Gasteiger partial charge < -0.3 is 9.64 Å². The summed E-state index contributed by atoms with van der Waals surface area (Å²) in [6, 6.07) is 0. The number of hydrogen-bond acceptors (Lipinski definition) is 6. The number of ether oxygens (including phenoxy) is 1. The van der Waals surface area contributed by atoms with Crippen LogP contribution in [0.25, 0.3) is 0 Å². The van der Waals surface area contributed by atoms with Crippen LogP contribution in [0.3, 0.4) is 0 Å². The number of carbonyl (C=O) groups excluding carboxylic acids is 1. The van der Waals surface area contributed by atoms with Gasteiger partial charge in [-0.25, -0.2) is 18.1 Å². The Labute approximate surface area is 133 Å². The van der Waals surface area contributed by atoms with Crippen LogP contribution in [0.1, 0.15) is 16.9 Å². The number of nitrogens with zero attached hydrogens (tertiary/aromatic N) is 2. The first kappa shape index (κ1) is 15.9. The summed E-state index contributed by atoms with van der Waals surface area (Å²) >= 11 is 1.40. The van der Waals surface area contributed by atoms with Gasteiger partial charge in [0.05, 0.1) is 24.5 Å². The van der Waals surface area contributed by atoms with Crippen molar-refractivity contribution < 1.29 is 17.9 Å². The number of sulfonamides is 1. The van der Waals surface area contributed by atoms with E-state index in [1.54, 1.807) is 15.8 Å². The van der Waals surface area contributed by atoms with Gasteiger partial charge in [-0.3, -0.25) is 4.79 Å². The summed E-state index contributed by atoms with van der Waals surface area (Å²) in [4.78, 5) is 18.3. The maximum absolute atomic E-state index is 12.4. The van der Waals surface area contributed by atoms with Crippen molar-refractivity contribution in [2.24, 2.45) is 11.8 Å². The molecule has 0 aromatic carbocycles. The Bertz CT molecular complexity index is 632. The molecular weight excluding hydrogens is 326 g/mol. The fraction of sp³-hybridized carbons (Fsp3) is 0.692. The lowest BCUT2D eigenvalue weighted by Gasteiger charge is -2.35. The molecule has 0 spiro atoms. The number of amides is 1. The average Bonchev–Trinajstić information content (AvgIpc) is 3.12. The minimum absolute atomic E-state index is 0.0542. The Morgan fingerprint density at radius 3 is 3.09 bits per heavy atom. The Hall–Kier alpha value is -1.03. The summed E-state index contributed by atoms with van der Waals surface area (Å²) in [5.74, 6) is 0.512. The van der Waals surface area contributed by atoms with E-state index in [4.69, 9.17) is 4.74 Å². The number of hydrogen-bond donors (Lipinski definition) is 1. The van der Waals surface area contributed by atoms with Crippen LogP contribution in [-0.4, -0.2) is 62.8 Å². The summed E-state index contributed by atoms with van der Waals surface area (Å²) in [6.45, 7) is 2.20. The average molecular weight is 345 g/mol. The van der Waals surface area contributed by atoms with E-state index in [0.29, 0.717) is 31.3 Å². The molecule has 3 atom stereocenters. The van der Waals surface area contributed by atoms with Crippen LogP contribution in [0.2, 0.25) is 0 Å². The molecule has 7 nitrogen and oxygen atoms in total. The largest absolute Gasteiger partial charge is 0.376 e. The number of likely N-dealkylation sites (tertiary alicyclic amines) is 1. The summed E-state index contributed by atoms with van der Waals surface area (Å²) in [5, 5.41) is 1.75. The predicted octanol–water partition coefficient (Wildman–Crippen LogP) is 0.169. The normalized spacial score (nSPS) is 28.6. The smallest absolute Gasteiger partial charge is 0.273 e. The second-order valence-corrected chi connectivity index (χ2v) is 8.38. The number of fused-ring (bicyclic) bond motifs is 1. The lowest BCUT2D eigenvalue weighted by molar-refractivity contribution is 0.0558. The third-order valence-corrected chi connectivity index (χ3v) is 5.57. The molecule has 22 heavy (non-hydrogen) atoms. The van der Waals surface area contributed by atoms with Crippen LogP contribution in [0.5, 0.6) is 0 Å². The van der Waals surface area contributed by atoms with E-state index >= 15 is 0 Å². The summed E-state index contributed by atoms with van der Waals surface area (Å²) in [7, 11) is -3.23. The second kappa shape index (κ2) is 6.23. The van der Waals surface area contributed by atoms with Crippen molar-refractivity contribution in [3.8, 4) is 0 Å². The van der Waals surface area contributed by atoms with E-state index < -0.39 is 10.0 Å². The van der Waals surface area contributed by atoms with E-state index in [2.05, 4.69) is 9.71 Å². The van der Waals surface area contributed by atoms with Gasteiger partial charge in [0.15, 0.2) is 0 Å². The first-order valence-corrected chi connectivity index (χ1v) is 10.0. The van der Waals surface area contributed by atoms with Crippen LogP contribution in [0.15, 0.2) is 10.9 Å². The number of carbonyl (C=O) groups is 1. The molecule has 1 N–H and O–H groups in total. The fourth-order valence-corrected chi connectivity index (χ4v) is 4.13. The van der Waals surface area contributed by atoms with Crippen LogP contribution in [0, 0.1) is 11.8 Å². The molecule has 2 fully saturated rings. The van der Waals surface area contributed by atoms with Crippen LogP contribution in [-0.2, 0) is 14.8 Å². The molecule has 1 amide bonds. The zero-order valence-electron chi connectivity index (χ0n) is 12.3. The lowest BCUT2D eigenvalue weighted by atomic mass is 9.84. The van der Waals surface area contributed by atoms with Gasteiger partial charge in [-0.05, 0) is 12.3 Å². The van der Waals surface area contributed by atoms with Crippen molar-refractivity contribution in [1.29, 1.82) is 0 Å². The summed E-state index contributed by atoms with van der Waals surface area (Å²) < 4.78 is 30.7. The fourth-order valence-electron chi connectivity index (χ4n) is 3.14. The molecule has 1 aromatic heterocycles. The highest BCUT2D eigenvalue weighted by Crippen LogP contribution is 2.34. The standard InChI is InChI=1S/C13H19N3O4S2/c1-22(18,19)15-4-12-10-5-16(3-2-9(10)6-20-12)13(17)11-7-21-8-14-11/h7-10,12,15H,2-6H2,1H3/t9-,10-,12+/m1/s1. The second-order valence-electron chi connectivity index (χ2n) is 5.83. The highest BCUT2D eigenvalue weighted by Gasteiger charge is 2.42. The SMILES string of the molecule is CS(=O)(=O)NC[C@@H]1OC[C@H]2CCN(C(=O)c3cscn3)C[C@H]21. The molecule has 0 saturated carbocycles. The molecule has 3 rings (SSSR count). The van der Waals surface area contributed by atoms with Gasteiger partial charge in [-0.1, -0.05) is 0 Å². The molecular formula is C13H19N3O4S2. The molecule has 3 heterocycles. The zero-order chi connectivity index (χ0) is 15.7. The van der Waals surface area contributed by atoms with Crippen molar-refractivity contribution in [2.75, 3.05) is 32.5 Å². The van der Waals surface area contributed by atoms with Crippen LogP contribution >= 0.6 is 11.3 Å². The monoisotopic (exact) mass is 345 g/mol. The van der Waals surface area contributed by atoms with Crippen molar-refractivity contribution in [3.05, 3.63) is 16.6 Å². The van der Waals surface area contributed by atoms with Gasteiger partial charge in [-0.15, -0.1) is 11.3 Å². The van der Waals surface area contributed by atoms with Gasteiger partial charge in [0.2, 0.25) is 10.0 Å². The van der Waals surface area contributed by atoms with Crippen molar-refractivity contribution in [3.63, 3.8) is 0 Å². The number of rotatable bonds is 4. The van der Waals surface area contributed by atoms with E-state index in [1.807, 2.05) is 0 Å². The zero-order valence-corrected chi connectivity index (χ0v) is 13.9. The van der Waals surface area contributed by atoms with Crippen molar-refractivity contribution in [1.82, 2.24) is 14.6 Å². The molecule has 0 aliphatic carbocycles. The third kappa shape index (κ3) is 3.48. The van der Waals surface area contributed by atoms with Crippen LogP contribution in [0.4, 0.5) is 0 Å². The highest BCUT2D eigenvalue weighted by atomic mass is 32.2. The van der Waals surface area contributed by atoms with Crippen molar-refractivity contribution in [2.45, 2.75) is 12.5 Å². The first-order chi connectivity index (χ1) is 10.4. The minimum Gasteiger partial charge on any atom is -0.376 e. The Balaban J connectivity index is 1.64. The Kier molecular flexibility index (Phi) is 4.49. The van der Waals surface area contributed by atoms with E-state index in [-0.39, 0.29) is 24.5 Å². The van der Waals surface area contributed by atoms with E-state index in [0.717, 1.165) is 12.7 Å². The first-order valence-electron chi connectivity index (χ1n) is 7.18. The van der Waals surface area contributed by atoms with Gasteiger partial charge in [0.25, 0.3) is 5.91 Å². The Morgan fingerprint density at radius 1 is 1.59 bits per heavy atom. The summed E-state index contributed by atoms with van der Waals surface area (Å²) in [6.07, 6.45) is 1.85. The van der Waals surface area contributed by atoms with Crippen molar-refractivity contribution >= 4 is 27.3 Å². The maximum Gasteiger partial charge on any atom is 0.273 e. The van der Waals surface area contributed by atoms with Gasteiger partial charge in [-0.2, -0.15) is 0 Å². The summed E-state index contributed by atoms with van der Waals surface area (Å²) in [5.41, 5.74) is 2.13. The number of piperidine rings is 1. The molecule has 9 heteroatoms. The van der Waals surface area contributed by atoms with Gasteiger partial charge in [0.1, 0.15) is 5.69 Å². The molecule has 0 radical (unpaired) electrons. The molecule has 122 valence electrons. The minimum atomic E-state index is -3.23. The van der Waals surface area contributed by atoms with Crippen LogP contribution < -0.4 is 4.72 Å². The highest BCUT2D eigenvalue weighted by molar-refractivity contribution is 7.88. The van der Waals surface area contributed by atoms with E-state index in [1.165, 1.54) is 11.3 Å². The third-order valence-electron chi connectivity index (χ3n) is 4.29. The van der Waals surface area contributed by atoms with Gasteiger partial charge in [0, 0.05) is 30.9 Å². The molecule has 2 aliphatic heterocycles. The molecule has 2 aliphatic rings. The molecule has 1 aromatic rings. The quantitative estimate of drug-likeness (QED) is 0.840. The van der Waals surface area contributed by atoms with Gasteiger partial charge >= 0.3 is 0 Å². The Morgan fingerprint density at radius 2 is 2.41 bits per heavy atom. The molecule has 0 unspecified atom stereocenters. The topological polar surface area (TPSA) is 88.6 Å². The number of nitrogens with one attached hydrogen (secondary N) is 1. The lowest BCUT2D eigenvalue weighted by Crippen LogP contribution is -2.47. The van der Waals surface area contributed by atoms with E-state index in [9.17, 15) is 13.2 Å². The predicted molar refractivity (Wildman–Crippen MR) is 82.2 cm³/mol. The number of aromatic nitrogens is 1.